The number of nitrogens with zero attached hydrogens (tertiary/aromatic N) is 1. The second-order valence-electron chi connectivity index (χ2n) is 5.63. The van der Waals surface area contributed by atoms with Crippen LogP contribution in [0.1, 0.15) is 30.7 Å². The van der Waals surface area contributed by atoms with Crippen LogP contribution in [0.2, 0.25) is 0 Å². The summed E-state index contributed by atoms with van der Waals surface area (Å²) in [7, 11) is 0. The monoisotopic (exact) mass is 281 g/mol. The number of rotatable bonds is 3. The summed E-state index contributed by atoms with van der Waals surface area (Å²) >= 11 is 0. The second kappa shape index (κ2) is 5.13. The lowest BCUT2D eigenvalue weighted by Gasteiger charge is -2.23. The Morgan fingerprint density at radius 3 is 2.85 bits per heavy atom. The molecule has 1 saturated heterocycles. The maximum Gasteiger partial charge on any atom is 0.226 e. The van der Waals surface area contributed by atoms with E-state index in [4.69, 9.17) is 0 Å². The molecule has 5 heteroatoms. The average Bonchev–Trinajstić information content (AvgIpc) is 3.10. The Morgan fingerprint density at radius 2 is 2.15 bits per heavy atom. The van der Waals surface area contributed by atoms with E-state index in [0.717, 1.165) is 18.9 Å². The van der Waals surface area contributed by atoms with Crippen LogP contribution < -0.4 is 0 Å². The maximum absolute atomic E-state index is 13.2. The molecular weight excluding hydrogens is 264 g/mol. The smallest absolute Gasteiger partial charge is 0.226 e. The van der Waals surface area contributed by atoms with Gasteiger partial charge in [-0.25, -0.2) is 8.78 Å². The molecule has 1 aliphatic heterocycles. The van der Waals surface area contributed by atoms with Crippen molar-refractivity contribution in [1.82, 2.24) is 4.90 Å². The largest absolute Gasteiger partial charge is 0.394 e. The summed E-state index contributed by atoms with van der Waals surface area (Å²) in [6.45, 7) is 0.680. The van der Waals surface area contributed by atoms with E-state index in [1.165, 1.54) is 6.07 Å². The van der Waals surface area contributed by atoms with Crippen molar-refractivity contribution in [3.63, 3.8) is 0 Å². The van der Waals surface area contributed by atoms with Gasteiger partial charge in [-0.2, -0.15) is 0 Å². The number of aliphatic hydroxyl groups excluding tert-OH is 1. The lowest BCUT2D eigenvalue weighted by atomic mass is 10.1. The average molecular weight is 281 g/mol. The summed E-state index contributed by atoms with van der Waals surface area (Å²) < 4.78 is 26.1. The molecule has 2 aliphatic rings. The fourth-order valence-corrected chi connectivity index (χ4v) is 3.11. The number of hydrogen-bond acceptors (Lipinski definition) is 2. The minimum Gasteiger partial charge on any atom is -0.394 e. The molecule has 1 saturated carbocycles. The molecule has 1 aromatic carbocycles. The van der Waals surface area contributed by atoms with Crippen molar-refractivity contribution < 1.29 is 18.7 Å². The zero-order chi connectivity index (χ0) is 14.3. The topological polar surface area (TPSA) is 40.5 Å². The number of carbonyl (C=O) groups excluding carboxylic acids is 1. The molecule has 3 rings (SSSR count). The van der Waals surface area contributed by atoms with Crippen molar-refractivity contribution in [2.45, 2.75) is 31.2 Å². The highest BCUT2D eigenvalue weighted by atomic mass is 19.2. The van der Waals surface area contributed by atoms with Gasteiger partial charge in [-0.1, -0.05) is 6.07 Å². The first-order valence-electron chi connectivity index (χ1n) is 6.98. The van der Waals surface area contributed by atoms with Gasteiger partial charge in [0, 0.05) is 12.5 Å². The van der Waals surface area contributed by atoms with Crippen LogP contribution in [-0.4, -0.2) is 35.1 Å². The van der Waals surface area contributed by atoms with Crippen LogP contribution >= 0.6 is 0 Å². The molecule has 0 spiro atoms. The van der Waals surface area contributed by atoms with Crippen LogP contribution in [0.3, 0.4) is 0 Å². The highest BCUT2D eigenvalue weighted by molar-refractivity contribution is 5.83. The summed E-state index contributed by atoms with van der Waals surface area (Å²) in [5, 5.41) is 9.25. The number of halogens is 2. The number of amides is 1. The molecule has 3 atom stereocenters. The summed E-state index contributed by atoms with van der Waals surface area (Å²) in [5.74, 6) is -1.85. The third-order valence-electron chi connectivity index (χ3n) is 4.35. The molecule has 108 valence electrons. The van der Waals surface area contributed by atoms with Crippen LogP contribution in [-0.2, 0) is 4.79 Å². The number of hydrogen-bond donors (Lipinski definition) is 1. The molecule has 2 fully saturated rings. The molecule has 20 heavy (non-hydrogen) atoms. The van der Waals surface area contributed by atoms with E-state index in [-0.39, 0.29) is 30.4 Å². The first-order chi connectivity index (χ1) is 9.61. The van der Waals surface area contributed by atoms with E-state index in [9.17, 15) is 18.7 Å². The van der Waals surface area contributed by atoms with Gasteiger partial charge in [0.15, 0.2) is 11.6 Å². The molecule has 1 aliphatic carbocycles. The highest BCUT2D eigenvalue weighted by Gasteiger charge is 2.47. The fraction of sp³-hybridized carbons (Fsp3) is 0.533. The maximum atomic E-state index is 13.2. The van der Waals surface area contributed by atoms with Crippen LogP contribution in [0.25, 0.3) is 0 Å². The molecule has 1 aromatic rings. The number of aliphatic hydroxyl groups is 1. The predicted molar refractivity (Wildman–Crippen MR) is 69.0 cm³/mol. The summed E-state index contributed by atoms with van der Waals surface area (Å²) in [6, 6.07) is 3.76. The van der Waals surface area contributed by atoms with Crippen LogP contribution in [0, 0.1) is 17.6 Å². The Balaban J connectivity index is 1.69. The minimum atomic E-state index is -0.866. The van der Waals surface area contributed by atoms with Gasteiger partial charge in [-0.15, -0.1) is 0 Å². The molecular formula is C15H17F2NO2. The van der Waals surface area contributed by atoms with Crippen LogP contribution in [0.5, 0.6) is 0 Å². The van der Waals surface area contributed by atoms with Crippen molar-refractivity contribution in [3.05, 3.63) is 35.4 Å². The Kier molecular flexibility index (Phi) is 3.46. The summed E-state index contributed by atoms with van der Waals surface area (Å²) in [6.07, 6.45) is 2.43. The Labute approximate surface area is 116 Å². The van der Waals surface area contributed by atoms with E-state index in [1.54, 1.807) is 11.0 Å². The first kappa shape index (κ1) is 13.5. The van der Waals surface area contributed by atoms with Gasteiger partial charge in [0.2, 0.25) is 5.91 Å². The molecule has 1 heterocycles. The summed E-state index contributed by atoms with van der Waals surface area (Å²) in [5.41, 5.74) is 0.682. The highest BCUT2D eigenvalue weighted by Crippen LogP contribution is 2.49. The fourth-order valence-electron chi connectivity index (χ4n) is 3.11. The molecule has 0 bridgehead atoms. The Bertz CT molecular complexity index is 535. The van der Waals surface area contributed by atoms with E-state index >= 15 is 0 Å². The van der Waals surface area contributed by atoms with E-state index < -0.39 is 11.6 Å². The SMILES string of the molecule is O=C(C1CC1c1ccc(F)c(F)c1)N1CCCC1CO. The van der Waals surface area contributed by atoms with E-state index in [1.807, 2.05) is 0 Å². The molecule has 3 unspecified atom stereocenters. The Hall–Kier alpha value is -1.49. The molecule has 3 nitrogen and oxygen atoms in total. The number of likely N-dealkylation sites (tertiary alicyclic amines) is 1. The van der Waals surface area contributed by atoms with Gasteiger partial charge in [0.05, 0.1) is 12.6 Å². The zero-order valence-corrected chi connectivity index (χ0v) is 11.1. The van der Waals surface area contributed by atoms with Gasteiger partial charge < -0.3 is 10.0 Å². The van der Waals surface area contributed by atoms with Crippen molar-refractivity contribution in [2.24, 2.45) is 5.92 Å². The van der Waals surface area contributed by atoms with Gasteiger partial charge in [-0.3, -0.25) is 4.79 Å². The van der Waals surface area contributed by atoms with Gasteiger partial charge >= 0.3 is 0 Å². The van der Waals surface area contributed by atoms with Gasteiger partial charge in [0.25, 0.3) is 0 Å². The van der Waals surface area contributed by atoms with Gasteiger partial charge in [0.1, 0.15) is 0 Å². The second-order valence-corrected chi connectivity index (χ2v) is 5.63. The first-order valence-corrected chi connectivity index (χ1v) is 6.98. The lowest BCUT2D eigenvalue weighted by molar-refractivity contribution is -0.134. The predicted octanol–water partition coefficient (Wildman–Crippen LogP) is 2.05. The van der Waals surface area contributed by atoms with Gasteiger partial charge in [-0.05, 0) is 42.9 Å². The Morgan fingerprint density at radius 1 is 1.35 bits per heavy atom. The number of carbonyl (C=O) groups is 1. The van der Waals surface area contributed by atoms with E-state index in [2.05, 4.69) is 0 Å². The quantitative estimate of drug-likeness (QED) is 0.921. The standard InChI is InChI=1S/C15H17F2NO2/c16-13-4-3-9(6-14(13)17)11-7-12(11)15(20)18-5-1-2-10(18)8-19/h3-4,6,10-12,19H,1-2,5,7-8H2. The molecule has 1 N–H and O–H groups in total. The summed E-state index contributed by atoms with van der Waals surface area (Å²) in [4.78, 5) is 14.1. The normalized spacial score (nSPS) is 28.8. The van der Waals surface area contributed by atoms with Crippen molar-refractivity contribution in [2.75, 3.05) is 13.2 Å². The third-order valence-corrected chi connectivity index (χ3v) is 4.35. The molecule has 0 aromatic heterocycles. The minimum absolute atomic E-state index is 0.00565. The van der Waals surface area contributed by atoms with Crippen molar-refractivity contribution in [1.29, 1.82) is 0 Å². The molecule has 0 radical (unpaired) electrons. The number of benzene rings is 1. The van der Waals surface area contributed by atoms with Crippen molar-refractivity contribution in [3.8, 4) is 0 Å². The molecule has 1 amide bonds. The lowest BCUT2D eigenvalue weighted by Crippen LogP contribution is -2.38. The third kappa shape index (κ3) is 2.30. The van der Waals surface area contributed by atoms with Crippen molar-refractivity contribution >= 4 is 5.91 Å². The van der Waals surface area contributed by atoms with Crippen LogP contribution in [0.4, 0.5) is 8.78 Å². The zero-order valence-electron chi connectivity index (χ0n) is 11.1. The van der Waals surface area contributed by atoms with E-state index in [0.29, 0.717) is 18.5 Å². The van der Waals surface area contributed by atoms with Crippen LogP contribution in [0.15, 0.2) is 18.2 Å².